The predicted molar refractivity (Wildman–Crippen MR) is 98.9 cm³/mol. The maximum absolute atomic E-state index is 12.7. The molecule has 0 bridgehead atoms. The number of hydrogen-bond acceptors (Lipinski definition) is 4. The van der Waals surface area contributed by atoms with Gasteiger partial charge in [-0.25, -0.2) is 9.48 Å². The molecule has 0 atom stereocenters. The zero-order valence-corrected chi connectivity index (χ0v) is 15.2. The molecule has 0 radical (unpaired) electrons. The first-order valence-corrected chi connectivity index (χ1v) is 8.60. The Bertz CT molecular complexity index is 1010. The number of amides is 1. The normalized spacial score (nSPS) is 11.2. The van der Waals surface area contributed by atoms with Crippen LogP contribution in [0, 0.1) is 0 Å². The van der Waals surface area contributed by atoms with Gasteiger partial charge in [-0.3, -0.25) is 4.79 Å². The summed E-state index contributed by atoms with van der Waals surface area (Å²) in [6.45, 7) is 1.77. The number of benzene rings is 2. The van der Waals surface area contributed by atoms with Crippen LogP contribution >= 0.6 is 0 Å². The molecule has 3 aromatic rings. The van der Waals surface area contributed by atoms with Crippen molar-refractivity contribution in [3.8, 4) is 5.69 Å². The van der Waals surface area contributed by atoms with E-state index in [1.807, 2.05) is 0 Å². The molecule has 0 saturated carbocycles. The van der Waals surface area contributed by atoms with Gasteiger partial charge in [0.25, 0.3) is 5.91 Å². The van der Waals surface area contributed by atoms with Crippen LogP contribution in [-0.2, 0) is 10.9 Å². The second kappa shape index (κ2) is 8.17. The highest BCUT2D eigenvalue weighted by molar-refractivity contribution is 6.07. The van der Waals surface area contributed by atoms with Crippen LogP contribution in [-0.4, -0.2) is 28.3 Å². The van der Waals surface area contributed by atoms with E-state index in [9.17, 15) is 22.8 Å². The Hall–Kier alpha value is -3.62. The van der Waals surface area contributed by atoms with Crippen LogP contribution in [0.15, 0.2) is 60.8 Å². The lowest BCUT2D eigenvalue weighted by atomic mass is 10.1. The Morgan fingerprint density at radius 1 is 1.07 bits per heavy atom. The summed E-state index contributed by atoms with van der Waals surface area (Å²) in [5.41, 5.74) is -0.272. The van der Waals surface area contributed by atoms with Crippen LogP contribution in [0.1, 0.15) is 33.2 Å². The number of anilines is 1. The molecule has 0 aliphatic heterocycles. The van der Waals surface area contributed by atoms with Gasteiger partial charge in [0.1, 0.15) is 5.56 Å². The van der Waals surface area contributed by atoms with Gasteiger partial charge in [0.15, 0.2) is 5.82 Å². The van der Waals surface area contributed by atoms with Crippen molar-refractivity contribution < 1.29 is 27.5 Å². The maximum atomic E-state index is 12.7. The molecule has 1 aromatic heterocycles. The number of alkyl halides is 3. The first kappa shape index (κ1) is 20.1. The minimum atomic E-state index is -4.50. The van der Waals surface area contributed by atoms with E-state index >= 15 is 0 Å². The van der Waals surface area contributed by atoms with Crippen LogP contribution in [0.2, 0.25) is 0 Å². The fraction of sp³-hybridized carbons (Fsp3) is 0.150. The Morgan fingerprint density at radius 3 is 2.31 bits per heavy atom. The molecule has 9 heteroatoms. The monoisotopic (exact) mass is 403 g/mol. The number of ether oxygens (including phenoxy) is 1. The van der Waals surface area contributed by atoms with E-state index in [-0.39, 0.29) is 23.6 Å². The summed E-state index contributed by atoms with van der Waals surface area (Å²) >= 11 is 0. The standard InChI is InChI=1S/C20H16F3N3O3/c1-2-29-19(28)16-12-24-26(15-6-4-3-5-7-15)17(16)25-18(27)13-8-10-14(11-9-13)20(21,22)23/h3-12H,2H2,1H3,(H,25,27). The summed E-state index contributed by atoms with van der Waals surface area (Å²) in [5, 5.41) is 6.69. The molecule has 0 aliphatic rings. The van der Waals surface area contributed by atoms with Crippen molar-refractivity contribution in [2.45, 2.75) is 13.1 Å². The molecular weight excluding hydrogens is 387 g/mol. The Kier molecular flexibility index (Phi) is 5.67. The maximum Gasteiger partial charge on any atom is 0.416 e. The van der Waals surface area contributed by atoms with E-state index in [1.54, 1.807) is 37.3 Å². The number of nitrogens with one attached hydrogen (secondary N) is 1. The molecule has 0 spiro atoms. The van der Waals surface area contributed by atoms with Gasteiger partial charge in [-0.1, -0.05) is 18.2 Å². The van der Waals surface area contributed by atoms with Gasteiger partial charge in [-0.2, -0.15) is 18.3 Å². The van der Waals surface area contributed by atoms with E-state index in [1.165, 1.54) is 10.9 Å². The number of halogens is 3. The third kappa shape index (κ3) is 4.45. The minimum Gasteiger partial charge on any atom is -0.462 e. The van der Waals surface area contributed by atoms with Crippen molar-refractivity contribution in [1.82, 2.24) is 9.78 Å². The first-order chi connectivity index (χ1) is 13.8. The van der Waals surface area contributed by atoms with Crippen LogP contribution in [0.4, 0.5) is 19.0 Å². The summed E-state index contributed by atoms with van der Waals surface area (Å²) in [4.78, 5) is 24.8. The lowest BCUT2D eigenvalue weighted by molar-refractivity contribution is -0.137. The Balaban J connectivity index is 1.95. The van der Waals surface area contributed by atoms with Crippen molar-refractivity contribution in [2.24, 2.45) is 0 Å². The van der Waals surface area contributed by atoms with E-state index in [2.05, 4.69) is 10.4 Å². The number of carbonyl (C=O) groups is 2. The topological polar surface area (TPSA) is 73.2 Å². The highest BCUT2D eigenvalue weighted by Crippen LogP contribution is 2.29. The van der Waals surface area contributed by atoms with Crippen molar-refractivity contribution in [2.75, 3.05) is 11.9 Å². The number of hydrogen-bond donors (Lipinski definition) is 1. The lowest BCUT2D eigenvalue weighted by Crippen LogP contribution is -2.18. The molecule has 1 amide bonds. The molecule has 150 valence electrons. The largest absolute Gasteiger partial charge is 0.462 e. The first-order valence-electron chi connectivity index (χ1n) is 8.60. The van der Waals surface area contributed by atoms with E-state index in [4.69, 9.17) is 4.74 Å². The van der Waals surface area contributed by atoms with Gasteiger partial charge < -0.3 is 10.1 Å². The molecule has 0 unspecified atom stereocenters. The van der Waals surface area contributed by atoms with Crippen molar-refractivity contribution in [1.29, 1.82) is 0 Å². The van der Waals surface area contributed by atoms with Crippen molar-refractivity contribution >= 4 is 17.7 Å². The van der Waals surface area contributed by atoms with Gasteiger partial charge in [0.05, 0.1) is 24.1 Å². The molecule has 0 saturated heterocycles. The number of rotatable bonds is 5. The number of carbonyl (C=O) groups excluding carboxylic acids is 2. The molecule has 0 aliphatic carbocycles. The van der Waals surface area contributed by atoms with Crippen molar-refractivity contribution in [3.05, 3.63) is 77.5 Å². The highest BCUT2D eigenvalue weighted by atomic mass is 19.4. The highest BCUT2D eigenvalue weighted by Gasteiger charge is 2.30. The lowest BCUT2D eigenvalue weighted by Gasteiger charge is -2.12. The van der Waals surface area contributed by atoms with E-state index in [0.717, 1.165) is 24.3 Å². The fourth-order valence-corrected chi connectivity index (χ4v) is 2.58. The zero-order valence-electron chi connectivity index (χ0n) is 15.2. The van der Waals surface area contributed by atoms with Crippen LogP contribution in [0.3, 0.4) is 0 Å². The van der Waals surface area contributed by atoms with Crippen LogP contribution < -0.4 is 5.32 Å². The Morgan fingerprint density at radius 2 is 1.72 bits per heavy atom. The Labute approximate surface area is 163 Å². The van der Waals surface area contributed by atoms with Crippen LogP contribution in [0.5, 0.6) is 0 Å². The minimum absolute atomic E-state index is 0.00591. The summed E-state index contributed by atoms with van der Waals surface area (Å²) in [7, 11) is 0. The van der Waals surface area contributed by atoms with Gasteiger partial charge in [0, 0.05) is 5.56 Å². The average Bonchev–Trinajstić information content (AvgIpc) is 3.12. The van der Waals surface area contributed by atoms with E-state index in [0.29, 0.717) is 5.69 Å². The molecule has 6 nitrogen and oxygen atoms in total. The second-order valence-corrected chi connectivity index (χ2v) is 5.90. The predicted octanol–water partition coefficient (Wildman–Crippen LogP) is 4.32. The molecule has 29 heavy (non-hydrogen) atoms. The number of esters is 1. The summed E-state index contributed by atoms with van der Waals surface area (Å²) in [5.74, 6) is -1.32. The third-order valence-corrected chi connectivity index (χ3v) is 3.97. The molecular formula is C20H16F3N3O3. The van der Waals surface area contributed by atoms with E-state index < -0.39 is 23.6 Å². The molecule has 1 heterocycles. The smallest absolute Gasteiger partial charge is 0.416 e. The van der Waals surface area contributed by atoms with Crippen LogP contribution in [0.25, 0.3) is 5.69 Å². The van der Waals surface area contributed by atoms with Gasteiger partial charge in [-0.15, -0.1) is 0 Å². The second-order valence-electron chi connectivity index (χ2n) is 5.90. The molecule has 2 aromatic carbocycles. The third-order valence-electron chi connectivity index (χ3n) is 3.97. The number of para-hydroxylation sites is 1. The fourth-order valence-electron chi connectivity index (χ4n) is 2.58. The molecule has 0 fully saturated rings. The quantitative estimate of drug-likeness (QED) is 0.644. The SMILES string of the molecule is CCOC(=O)c1cnn(-c2ccccc2)c1NC(=O)c1ccc(C(F)(F)F)cc1. The molecule has 3 rings (SSSR count). The summed E-state index contributed by atoms with van der Waals surface area (Å²) in [6.07, 6.45) is -3.24. The zero-order chi connectivity index (χ0) is 21.0. The summed E-state index contributed by atoms with van der Waals surface area (Å²) in [6, 6.07) is 12.5. The van der Waals surface area contributed by atoms with Crippen molar-refractivity contribution in [3.63, 3.8) is 0 Å². The average molecular weight is 403 g/mol. The van der Waals surface area contributed by atoms with Gasteiger partial charge in [-0.05, 0) is 43.3 Å². The van der Waals surface area contributed by atoms with Gasteiger partial charge in [0.2, 0.25) is 0 Å². The number of aromatic nitrogens is 2. The number of nitrogens with zero attached hydrogens (tertiary/aromatic N) is 2. The van der Waals surface area contributed by atoms with Gasteiger partial charge >= 0.3 is 12.1 Å². The summed E-state index contributed by atoms with van der Waals surface area (Å²) < 4.78 is 44.5. The molecule has 1 N–H and O–H groups in total.